The highest BCUT2D eigenvalue weighted by Crippen LogP contribution is 2.20. The molecule has 0 aliphatic rings. The highest BCUT2D eigenvalue weighted by Gasteiger charge is 2.29. The van der Waals surface area contributed by atoms with E-state index in [2.05, 4.69) is 4.72 Å². The monoisotopic (exact) mass is 413 g/mol. The smallest absolute Gasteiger partial charge is 0.254 e. The van der Waals surface area contributed by atoms with Gasteiger partial charge in [0, 0.05) is 6.54 Å². The van der Waals surface area contributed by atoms with E-state index in [4.69, 9.17) is 0 Å². The zero-order valence-electron chi connectivity index (χ0n) is 15.2. The van der Waals surface area contributed by atoms with Crippen LogP contribution in [0.5, 0.6) is 0 Å². The van der Waals surface area contributed by atoms with Crippen LogP contribution >= 0.6 is 11.3 Å². The minimum Gasteiger partial charge on any atom is -0.272 e. The lowest BCUT2D eigenvalue weighted by molar-refractivity contribution is -0.129. The van der Waals surface area contributed by atoms with Crippen LogP contribution in [0.4, 0.5) is 0 Å². The van der Waals surface area contributed by atoms with Crippen LogP contribution in [0.25, 0.3) is 10.8 Å². The van der Waals surface area contributed by atoms with Gasteiger partial charge in [0.2, 0.25) is 0 Å². The van der Waals surface area contributed by atoms with Crippen molar-refractivity contribution in [3.05, 3.63) is 65.5 Å². The number of nitrogens with one attached hydrogen (secondary N) is 1. The van der Waals surface area contributed by atoms with Crippen LogP contribution in [0, 0.1) is 11.5 Å². The summed E-state index contributed by atoms with van der Waals surface area (Å²) in [6.07, 6.45) is 1.96. The third-order valence-corrected chi connectivity index (χ3v) is 7.18. The van der Waals surface area contributed by atoms with Gasteiger partial charge in [-0.05, 0) is 41.1 Å². The maximum Gasteiger partial charge on any atom is 0.254 e. The third-order valence-electron chi connectivity index (χ3n) is 4.31. The lowest BCUT2D eigenvalue weighted by atomic mass is 10.0. The van der Waals surface area contributed by atoms with E-state index >= 15 is 0 Å². The van der Waals surface area contributed by atoms with Crippen molar-refractivity contribution in [1.29, 1.82) is 5.26 Å². The van der Waals surface area contributed by atoms with Gasteiger partial charge in [0.1, 0.15) is 10.3 Å². The summed E-state index contributed by atoms with van der Waals surface area (Å²) >= 11 is 1.07. The first-order valence-electron chi connectivity index (χ1n) is 8.69. The molecule has 3 aromatic rings. The first kappa shape index (κ1) is 20.0. The van der Waals surface area contributed by atoms with E-state index in [9.17, 15) is 18.5 Å². The summed E-state index contributed by atoms with van der Waals surface area (Å²) in [6.45, 7) is 1.84. The van der Waals surface area contributed by atoms with Gasteiger partial charge in [0.25, 0.3) is 15.9 Å². The molecule has 0 saturated carbocycles. The molecule has 144 valence electrons. The number of carbonyl (C=O) groups excluding carboxylic acids is 1. The number of benzene rings is 2. The molecule has 0 aliphatic carbocycles. The number of carbonyl (C=O) groups is 1. The van der Waals surface area contributed by atoms with Gasteiger partial charge in [0.15, 0.2) is 6.19 Å². The molecule has 6 nitrogen and oxygen atoms in total. The second-order valence-electron chi connectivity index (χ2n) is 6.17. The number of nitrogens with zero attached hydrogens (tertiary/aromatic N) is 2. The number of likely N-dealkylation sites (N-methyl/N-ethyl adjacent to an activating group) is 1. The SMILES string of the molecule is CCN(C#N)C(=O)C(Cc1ccc2ccccc2c1)NS(=O)(=O)c1cccs1. The van der Waals surface area contributed by atoms with Crippen molar-refractivity contribution in [3.63, 3.8) is 0 Å². The summed E-state index contributed by atoms with van der Waals surface area (Å²) in [4.78, 5) is 13.8. The van der Waals surface area contributed by atoms with E-state index in [1.165, 1.54) is 6.07 Å². The Morgan fingerprint density at radius 1 is 1.18 bits per heavy atom. The zero-order chi connectivity index (χ0) is 20.1. The minimum absolute atomic E-state index is 0.129. The van der Waals surface area contributed by atoms with Crippen LogP contribution in [0.1, 0.15) is 12.5 Å². The number of hydrogen-bond acceptors (Lipinski definition) is 5. The number of nitriles is 1. The fraction of sp³-hybridized carbons (Fsp3) is 0.200. The van der Waals surface area contributed by atoms with Gasteiger partial charge in [-0.1, -0.05) is 48.5 Å². The first-order valence-corrected chi connectivity index (χ1v) is 11.1. The van der Waals surface area contributed by atoms with Crippen molar-refractivity contribution in [3.8, 4) is 6.19 Å². The lowest BCUT2D eigenvalue weighted by Crippen LogP contribution is -2.48. The molecule has 28 heavy (non-hydrogen) atoms. The minimum atomic E-state index is -3.86. The molecule has 0 fully saturated rings. The predicted molar refractivity (Wildman–Crippen MR) is 109 cm³/mol. The molecule has 1 heterocycles. The van der Waals surface area contributed by atoms with Crippen molar-refractivity contribution in [2.75, 3.05) is 6.54 Å². The van der Waals surface area contributed by atoms with E-state index in [-0.39, 0.29) is 17.2 Å². The predicted octanol–water partition coefficient (Wildman–Crippen LogP) is 3.12. The number of sulfonamides is 1. The molecular weight excluding hydrogens is 394 g/mol. The van der Waals surface area contributed by atoms with Crippen molar-refractivity contribution < 1.29 is 13.2 Å². The highest BCUT2D eigenvalue weighted by molar-refractivity contribution is 7.91. The number of thiophene rings is 1. The van der Waals surface area contributed by atoms with Gasteiger partial charge in [-0.15, -0.1) is 11.3 Å². The Balaban J connectivity index is 1.93. The second-order valence-corrected chi connectivity index (χ2v) is 9.06. The van der Waals surface area contributed by atoms with Crippen LogP contribution in [-0.4, -0.2) is 31.8 Å². The van der Waals surface area contributed by atoms with E-state index < -0.39 is 22.0 Å². The van der Waals surface area contributed by atoms with Crippen LogP contribution in [0.3, 0.4) is 0 Å². The summed E-state index contributed by atoms with van der Waals surface area (Å²) in [7, 11) is -3.86. The van der Waals surface area contributed by atoms with E-state index in [1.54, 1.807) is 18.4 Å². The Morgan fingerprint density at radius 3 is 2.57 bits per heavy atom. The molecular formula is C20H19N3O3S2. The molecule has 0 saturated heterocycles. The van der Waals surface area contributed by atoms with E-state index in [0.717, 1.165) is 32.6 Å². The molecule has 2 aromatic carbocycles. The van der Waals surface area contributed by atoms with Gasteiger partial charge in [-0.3, -0.25) is 4.79 Å². The molecule has 1 amide bonds. The Hall–Kier alpha value is -2.73. The van der Waals surface area contributed by atoms with Gasteiger partial charge >= 0.3 is 0 Å². The topological polar surface area (TPSA) is 90.3 Å². The Morgan fingerprint density at radius 2 is 1.93 bits per heavy atom. The van der Waals surface area contributed by atoms with Crippen molar-refractivity contribution in [1.82, 2.24) is 9.62 Å². The van der Waals surface area contributed by atoms with Crippen molar-refractivity contribution in [2.45, 2.75) is 23.6 Å². The molecule has 0 radical (unpaired) electrons. The molecule has 8 heteroatoms. The number of rotatable bonds is 7. The molecule has 0 bridgehead atoms. The summed E-state index contributed by atoms with van der Waals surface area (Å²) in [5.41, 5.74) is 0.805. The van der Waals surface area contributed by atoms with Gasteiger partial charge in [0.05, 0.1) is 0 Å². The van der Waals surface area contributed by atoms with Crippen LogP contribution in [-0.2, 0) is 21.2 Å². The Labute approximate surface area is 168 Å². The van der Waals surface area contributed by atoms with Gasteiger partial charge in [-0.25, -0.2) is 13.3 Å². The van der Waals surface area contributed by atoms with Gasteiger partial charge < -0.3 is 0 Å². The largest absolute Gasteiger partial charge is 0.272 e. The van der Waals surface area contributed by atoms with E-state index in [0.29, 0.717) is 0 Å². The van der Waals surface area contributed by atoms with E-state index in [1.807, 2.05) is 48.7 Å². The molecule has 1 unspecified atom stereocenters. The highest BCUT2D eigenvalue weighted by atomic mass is 32.2. The van der Waals surface area contributed by atoms with Crippen LogP contribution < -0.4 is 4.72 Å². The summed E-state index contributed by atoms with van der Waals surface area (Å²) in [5, 5.41) is 12.9. The molecule has 3 rings (SSSR count). The summed E-state index contributed by atoms with van der Waals surface area (Å²) in [6, 6.07) is 15.6. The fourth-order valence-corrected chi connectivity index (χ4v) is 5.11. The fourth-order valence-electron chi connectivity index (χ4n) is 2.91. The molecule has 0 aliphatic heterocycles. The molecule has 1 N–H and O–H groups in total. The average molecular weight is 414 g/mol. The number of amides is 1. The third kappa shape index (κ3) is 4.39. The number of fused-ring (bicyclic) bond motifs is 1. The normalized spacial score (nSPS) is 12.4. The molecule has 0 spiro atoms. The molecule has 1 aromatic heterocycles. The summed E-state index contributed by atoms with van der Waals surface area (Å²) in [5.74, 6) is -0.571. The van der Waals surface area contributed by atoms with Crippen LogP contribution in [0.2, 0.25) is 0 Å². The molecule has 1 atom stereocenters. The summed E-state index contributed by atoms with van der Waals surface area (Å²) < 4.78 is 27.9. The Bertz CT molecular complexity index is 1120. The lowest BCUT2D eigenvalue weighted by Gasteiger charge is -2.21. The van der Waals surface area contributed by atoms with Crippen molar-refractivity contribution >= 4 is 38.0 Å². The maximum atomic E-state index is 12.8. The maximum absolute atomic E-state index is 12.8. The first-order chi connectivity index (χ1) is 13.4. The van der Waals surface area contributed by atoms with Gasteiger partial charge in [-0.2, -0.15) is 9.98 Å². The van der Waals surface area contributed by atoms with Crippen LogP contribution in [0.15, 0.2) is 64.2 Å². The van der Waals surface area contributed by atoms with Crippen molar-refractivity contribution in [2.24, 2.45) is 0 Å². The average Bonchev–Trinajstić information content (AvgIpc) is 3.24. The second kappa shape index (κ2) is 8.52. The number of hydrogen-bond donors (Lipinski definition) is 1. The standard InChI is InChI=1S/C20H19N3O3S2/c1-2-23(14-21)20(24)18(22-28(25,26)19-8-5-11-27-19)13-15-9-10-16-6-3-4-7-17(16)12-15/h3-12,18,22H,2,13H2,1H3. The zero-order valence-corrected chi connectivity index (χ0v) is 16.8. The quantitative estimate of drug-likeness (QED) is 0.476. The Kier molecular flexibility index (Phi) is 6.09.